The highest BCUT2D eigenvalue weighted by Gasteiger charge is 2.17. The number of carbonyl (C=O) groups is 1. The van der Waals surface area contributed by atoms with E-state index in [9.17, 15) is 4.79 Å². The normalized spacial score (nSPS) is 10.8. The van der Waals surface area contributed by atoms with E-state index >= 15 is 0 Å². The van der Waals surface area contributed by atoms with E-state index in [1.165, 1.54) is 17.3 Å². The summed E-state index contributed by atoms with van der Waals surface area (Å²) in [6.07, 6.45) is 2.56. The first-order valence-corrected chi connectivity index (χ1v) is 11.3. The number of hydrogen-bond acceptors (Lipinski definition) is 6. The number of benzene rings is 2. The fraction of sp³-hybridized carbons (Fsp3) is 0.208. The van der Waals surface area contributed by atoms with Crippen LogP contribution in [-0.2, 0) is 17.8 Å². The highest BCUT2D eigenvalue weighted by Crippen LogP contribution is 2.27. The summed E-state index contributed by atoms with van der Waals surface area (Å²) >= 11 is 1.34. The standard InChI is InChI=1S/C24H24N4O3S/c1-3-17-6-4-7-19(14-17)25-22(29)16-32-24-27-26-23(18-9-11-20(30-2)12-10-18)28(24)15-21-8-5-13-31-21/h4-14H,3,15-16H2,1-2H3,(H,25,29). The number of nitrogens with one attached hydrogen (secondary N) is 1. The van der Waals surface area contributed by atoms with E-state index in [-0.39, 0.29) is 11.7 Å². The number of aromatic nitrogens is 3. The van der Waals surface area contributed by atoms with E-state index in [4.69, 9.17) is 9.15 Å². The molecule has 0 saturated carbocycles. The van der Waals surface area contributed by atoms with Gasteiger partial charge in [-0.3, -0.25) is 9.36 Å². The van der Waals surface area contributed by atoms with Crippen LogP contribution in [-0.4, -0.2) is 33.5 Å². The Bertz CT molecular complexity index is 1170. The fourth-order valence-corrected chi connectivity index (χ4v) is 3.98. The van der Waals surface area contributed by atoms with Gasteiger partial charge in [0.05, 0.1) is 25.7 Å². The SMILES string of the molecule is CCc1cccc(NC(=O)CSc2nnc(-c3ccc(OC)cc3)n2Cc2ccco2)c1. The Morgan fingerprint density at radius 1 is 1.12 bits per heavy atom. The molecule has 0 spiro atoms. The van der Waals surface area contributed by atoms with Crippen molar-refractivity contribution in [3.8, 4) is 17.1 Å². The number of rotatable bonds is 9. The second-order valence-corrected chi connectivity index (χ2v) is 8.03. The maximum atomic E-state index is 12.5. The van der Waals surface area contributed by atoms with Gasteiger partial charge in [0, 0.05) is 11.3 Å². The number of furan rings is 1. The summed E-state index contributed by atoms with van der Waals surface area (Å²) in [5.74, 6) is 2.37. The average Bonchev–Trinajstić information content (AvgIpc) is 3.48. The van der Waals surface area contributed by atoms with Gasteiger partial charge in [0.25, 0.3) is 0 Å². The molecule has 7 nitrogen and oxygen atoms in total. The Hall–Kier alpha value is -3.52. The molecule has 0 fully saturated rings. The highest BCUT2D eigenvalue weighted by atomic mass is 32.2. The lowest BCUT2D eigenvalue weighted by atomic mass is 10.1. The second kappa shape index (κ2) is 10.2. The summed E-state index contributed by atoms with van der Waals surface area (Å²) in [6, 6.07) is 19.2. The number of thioether (sulfide) groups is 1. The van der Waals surface area contributed by atoms with Gasteiger partial charge in [0.15, 0.2) is 11.0 Å². The van der Waals surface area contributed by atoms with Gasteiger partial charge < -0.3 is 14.5 Å². The van der Waals surface area contributed by atoms with Crippen molar-refractivity contribution in [3.63, 3.8) is 0 Å². The van der Waals surface area contributed by atoms with Crippen molar-refractivity contribution in [1.29, 1.82) is 0 Å². The van der Waals surface area contributed by atoms with Crippen LogP contribution in [0.15, 0.2) is 76.5 Å². The molecule has 0 bridgehead atoms. The Kier molecular flexibility index (Phi) is 6.91. The molecule has 0 atom stereocenters. The largest absolute Gasteiger partial charge is 0.497 e. The van der Waals surface area contributed by atoms with E-state index in [2.05, 4.69) is 22.4 Å². The first kappa shape index (κ1) is 21.7. The van der Waals surface area contributed by atoms with Crippen molar-refractivity contribution in [2.75, 3.05) is 18.2 Å². The molecule has 4 aromatic rings. The van der Waals surface area contributed by atoms with Crippen LogP contribution in [0.4, 0.5) is 5.69 Å². The molecule has 32 heavy (non-hydrogen) atoms. The Balaban J connectivity index is 1.52. The molecular formula is C24H24N4O3S. The number of aryl methyl sites for hydroxylation is 1. The van der Waals surface area contributed by atoms with Crippen LogP contribution in [0.25, 0.3) is 11.4 Å². The minimum Gasteiger partial charge on any atom is -0.497 e. The lowest BCUT2D eigenvalue weighted by molar-refractivity contribution is -0.113. The number of nitrogens with zero attached hydrogens (tertiary/aromatic N) is 3. The number of anilines is 1. The smallest absolute Gasteiger partial charge is 0.234 e. The molecular weight excluding hydrogens is 424 g/mol. The molecule has 2 aromatic carbocycles. The molecule has 1 amide bonds. The van der Waals surface area contributed by atoms with Gasteiger partial charge >= 0.3 is 0 Å². The van der Waals surface area contributed by atoms with Crippen molar-refractivity contribution in [2.24, 2.45) is 0 Å². The molecule has 0 aliphatic carbocycles. The van der Waals surface area contributed by atoms with E-state index in [1.807, 2.05) is 65.2 Å². The van der Waals surface area contributed by atoms with Crippen LogP contribution in [0, 0.1) is 0 Å². The summed E-state index contributed by atoms with van der Waals surface area (Å²) in [4.78, 5) is 12.5. The van der Waals surface area contributed by atoms with Crippen LogP contribution in [0.3, 0.4) is 0 Å². The zero-order valence-corrected chi connectivity index (χ0v) is 18.8. The van der Waals surface area contributed by atoms with Crippen LogP contribution >= 0.6 is 11.8 Å². The third-order valence-corrected chi connectivity index (χ3v) is 5.88. The van der Waals surface area contributed by atoms with Crippen LogP contribution in [0.1, 0.15) is 18.2 Å². The van der Waals surface area contributed by atoms with Gasteiger partial charge in [0.2, 0.25) is 5.91 Å². The van der Waals surface area contributed by atoms with Gasteiger partial charge in [-0.15, -0.1) is 10.2 Å². The molecule has 0 aliphatic heterocycles. The predicted molar refractivity (Wildman–Crippen MR) is 125 cm³/mol. The zero-order chi connectivity index (χ0) is 22.3. The van der Waals surface area contributed by atoms with E-state index < -0.39 is 0 Å². The number of hydrogen-bond donors (Lipinski definition) is 1. The maximum absolute atomic E-state index is 12.5. The van der Waals surface area contributed by atoms with E-state index in [0.29, 0.717) is 17.5 Å². The first-order chi connectivity index (χ1) is 15.7. The molecule has 0 radical (unpaired) electrons. The molecule has 0 unspecified atom stereocenters. The summed E-state index contributed by atoms with van der Waals surface area (Å²) in [5.41, 5.74) is 2.88. The van der Waals surface area contributed by atoms with Gasteiger partial charge in [-0.25, -0.2) is 0 Å². The van der Waals surface area contributed by atoms with Crippen molar-refractivity contribution >= 4 is 23.4 Å². The number of methoxy groups -OCH3 is 1. The van der Waals surface area contributed by atoms with Crippen molar-refractivity contribution in [3.05, 3.63) is 78.3 Å². The predicted octanol–water partition coefficient (Wildman–Crippen LogP) is 4.89. The third-order valence-electron chi connectivity index (χ3n) is 4.91. The van der Waals surface area contributed by atoms with Crippen LogP contribution in [0.5, 0.6) is 5.75 Å². The van der Waals surface area contributed by atoms with E-state index in [0.717, 1.165) is 29.2 Å². The number of ether oxygens (including phenoxy) is 1. The minimum atomic E-state index is -0.0956. The fourth-order valence-electron chi connectivity index (χ4n) is 3.25. The molecule has 2 aromatic heterocycles. The molecule has 4 rings (SSSR count). The summed E-state index contributed by atoms with van der Waals surface area (Å²) in [7, 11) is 1.63. The lowest BCUT2D eigenvalue weighted by Gasteiger charge is -2.10. The van der Waals surface area contributed by atoms with Crippen LogP contribution in [0.2, 0.25) is 0 Å². The van der Waals surface area contributed by atoms with Crippen LogP contribution < -0.4 is 10.1 Å². The molecule has 0 aliphatic rings. The molecule has 0 saturated heterocycles. The molecule has 2 heterocycles. The van der Waals surface area contributed by atoms with Gasteiger partial charge in [0.1, 0.15) is 11.5 Å². The summed E-state index contributed by atoms with van der Waals surface area (Å²) < 4.78 is 12.7. The zero-order valence-electron chi connectivity index (χ0n) is 17.9. The monoisotopic (exact) mass is 448 g/mol. The minimum absolute atomic E-state index is 0.0956. The Labute approximate surface area is 190 Å². The Morgan fingerprint density at radius 3 is 2.69 bits per heavy atom. The number of amides is 1. The topological polar surface area (TPSA) is 82.2 Å². The van der Waals surface area contributed by atoms with Gasteiger partial charge in [-0.05, 0) is 60.5 Å². The molecule has 1 N–H and O–H groups in total. The van der Waals surface area contributed by atoms with E-state index in [1.54, 1.807) is 13.4 Å². The second-order valence-electron chi connectivity index (χ2n) is 7.09. The maximum Gasteiger partial charge on any atom is 0.234 e. The van der Waals surface area contributed by atoms with Crippen molar-refractivity contribution in [1.82, 2.24) is 14.8 Å². The lowest BCUT2D eigenvalue weighted by Crippen LogP contribution is -2.15. The molecule has 164 valence electrons. The summed E-state index contributed by atoms with van der Waals surface area (Å²) in [5, 5.41) is 12.3. The molecule has 8 heteroatoms. The highest BCUT2D eigenvalue weighted by molar-refractivity contribution is 7.99. The Morgan fingerprint density at radius 2 is 1.97 bits per heavy atom. The van der Waals surface area contributed by atoms with Crippen molar-refractivity contribution in [2.45, 2.75) is 25.0 Å². The summed E-state index contributed by atoms with van der Waals surface area (Å²) in [6.45, 7) is 2.55. The average molecular weight is 449 g/mol. The van der Waals surface area contributed by atoms with Crippen molar-refractivity contribution < 1.29 is 13.9 Å². The quantitative estimate of drug-likeness (QED) is 0.367. The third kappa shape index (κ3) is 5.20. The first-order valence-electron chi connectivity index (χ1n) is 10.3. The van der Waals surface area contributed by atoms with Gasteiger partial charge in [-0.1, -0.05) is 30.8 Å². The number of carbonyl (C=O) groups excluding carboxylic acids is 1. The van der Waals surface area contributed by atoms with Gasteiger partial charge in [-0.2, -0.15) is 0 Å².